The molecule has 0 aliphatic rings. The van der Waals surface area contributed by atoms with Crippen LogP contribution in [0.25, 0.3) is 11.3 Å². The van der Waals surface area contributed by atoms with Crippen molar-refractivity contribution in [1.29, 1.82) is 0 Å². The third kappa shape index (κ3) is 4.57. The van der Waals surface area contributed by atoms with Crippen LogP contribution in [-0.2, 0) is 17.5 Å². The smallest absolute Gasteiger partial charge is 0.433 e. The second-order valence-corrected chi connectivity index (χ2v) is 5.67. The van der Waals surface area contributed by atoms with Crippen LogP contribution in [0.5, 0.6) is 0 Å². The first-order chi connectivity index (χ1) is 12.7. The molecule has 0 fully saturated rings. The summed E-state index contributed by atoms with van der Waals surface area (Å²) in [6, 6.07) is 5.90. The second kappa shape index (κ2) is 7.02. The van der Waals surface area contributed by atoms with Crippen LogP contribution in [-0.4, -0.2) is 36.0 Å². The van der Waals surface area contributed by atoms with Crippen LogP contribution >= 0.6 is 0 Å². The van der Waals surface area contributed by atoms with Gasteiger partial charge in [-0.1, -0.05) is 5.21 Å². The summed E-state index contributed by atoms with van der Waals surface area (Å²) in [7, 11) is 0. The number of aryl methyl sites for hydroxylation is 1. The Morgan fingerprint density at radius 1 is 1.30 bits per heavy atom. The summed E-state index contributed by atoms with van der Waals surface area (Å²) in [5, 5.41) is 19.2. The summed E-state index contributed by atoms with van der Waals surface area (Å²) in [5.41, 5.74) is 1.24. The predicted octanol–water partition coefficient (Wildman–Crippen LogP) is 2.89. The first kappa shape index (κ1) is 18.3. The van der Waals surface area contributed by atoms with E-state index in [4.69, 9.17) is 5.11 Å². The van der Waals surface area contributed by atoms with Crippen molar-refractivity contribution in [3.63, 3.8) is 0 Å². The van der Waals surface area contributed by atoms with Crippen molar-refractivity contribution in [3.05, 3.63) is 47.9 Å². The highest BCUT2D eigenvalue weighted by molar-refractivity contribution is 5.69. The molecule has 11 heteroatoms. The molecule has 8 nitrogen and oxygen atoms in total. The largest absolute Gasteiger partial charge is 0.480 e. The number of nitrogens with zero attached hydrogens (tertiary/aromatic N) is 5. The molecule has 0 bridgehead atoms. The number of alkyl halides is 3. The third-order valence-electron chi connectivity index (χ3n) is 3.41. The summed E-state index contributed by atoms with van der Waals surface area (Å²) < 4.78 is 39.5. The van der Waals surface area contributed by atoms with Gasteiger partial charge < -0.3 is 10.4 Å². The number of carboxylic acid groups (broad SMARTS) is 1. The van der Waals surface area contributed by atoms with Gasteiger partial charge >= 0.3 is 12.1 Å². The molecule has 0 saturated heterocycles. The third-order valence-corrected chi connectivity index (χ3v) is 3.41. The van der Waals surface area contributed by atoms with E-state index >= 15 is 0 Å². The minimum atomic E-state index is -4.57. The number of carbonyl (C=O) groups is 1. The van der Waals surface area contributed by atoms with Gasteiger partial charge in [-0.15, -0.1) is 5.10 Å². The topological polar surface area (TPSA) is 106 Å². The Balaban J connectivity index is 1.88. The van der Waals surface area contributed by atoms with Gasteiger partial charge in [0.15, 0.2) is 0 Å². The van der Waals surface area contributed by atoms with E-state index in [1.54, 1.807) is 25.1 Å². The van der Waals surface area contributed by atoms with E-state index in [1.807, 2.05) is 0 Å². The number of anilines is 2. The molecule has 0 aliphatic carbocycles. The maximum Gasteiger partial charge on any atom is 0.433 e. The number of aliphatic carboxylic acids is 1. The van der Waals surface area contributed by atoms with E-state index in [2.05, 4.69) is 25.6 Å². The number of aromatic nitrogens is 5. The van der Waals surface area contributed by atoms with Gasteiger partial charge in [0.25, 0.3) is 0 Å². The van der Waals surface area contributed by atoms with Gasteiger partial charge in [-0.05, 0) is 36.8 Å². The SMILES string of the molecule is Cc1cc(Nc2nccc(C(F)(F)F)n2)cc(-c2cn(CC(=O)O)nn2)c1. The van der Waals surface area contributed by atoms with Gasteiger partial charge in [-0.25, -0.2) is 14.6 Å². The minimum absolute atomic E-state index is 0.198. The zero-order valence-corrected chi connectivity index (χ0v) is 13.9. The summed E-state index contributed by atoms with van der Waals surface area (Å²) in [5.74, 6) is -1.25. The number of benzene rings is 1. The summed E-state index contributed by atoms with van der Waals surface area (Å²) in [4.78, 5) is 18.0. The van der Waals surface area contributed by atoms with E-state index in [-0.39, 0.29) is 12.5 Å². The van der Waals surface area contributed by atoms with Crippen molar-refractivity contribution < 1.29 is 23.1 Å². The Hall–Kier alpha value is -3.50. The minimum Gasteiger partial charge on any atom is -0.480 e. The first-order valence-corrected chi connectivity index (χ1v) is 7.62. The van der Waals surface area contributed by atoms with Gasteiger partial charge in [-0.3, -0.25) is 4.79 Å². The van der Waals surface area contributed by atoms with Crippen LogP contribution in [0.2, 0.25) is 0 Å². The Morgan fingerprint density at radius 2 is 2.07 bits per heavy atom. The Bertz CT molecular complexity index is 986. The second-order valence-electron chi connectivity index (χ2n) is 5.67. The van der Waals surface area contributed by atoms with E-state index in [9.17, 15) is 18.0 Å². The van der Waals surface area contributed by atoms with Crippen molar-refractivity contribution in [1.82, 2.24) is 25.0 Å². The molecule has 3 aromatic rings. The molecular formula is C16H13F3N6O2. The van der Waals surface area contributed by atoms with Gasteiger partial charge in [0.05, 0.1) is 6.20 Å². The van der Waals surface area contributed by atoms with Crippen LogP contribution < -0.4 is 5.32 Å². The van der Waals surface area contributed by atoms with Crippen molar-refractivity contribution in [2.45, 2.75) is 19.6 Å². The van der Waals surface area contributed by atoms with Crippen LogP contribution in [0, 0.1) is 6.92 Å². The van der Waals surface area contributed by atoms with Crippen LogP contribution in [0.15, 0.2) is 36.7 Å². The molecular weight excluding hydrogens is 365 g/mol. The lowest BCUT2D eigenvalue weighted by atomic mass is 10.1. The monoisotopic (exact) mass is 378 g/mol. The van der Waals surface area contributed by atoms with Crippen LogP contribution in [0.4, 0.5) is 24.8 Å². The number of carboxylic acids is 1. The average molecular weight is 378 g/mol. The molecule has 0 amide bonds. The average Bonchev–Trinajstić information content (AvgIpc) is 3.01. The molecule has 0 spiro atoms. The molecule has 3 rings (SSSR count). The first-order valence-electron chi connectivity index (χ1n) is 7.62. The quantitative estimate of drug-likeness (QED) is 0.703. The fourth-order valence-electron chi connectivity index (χ4n) is 2.36. The van der Waals surface area contributed by atoms with Gasteiger partial charge in [0.1, 0.15) is 17.9 Å². The van der Waals surface area contributed by atoms with Crippen molar-refractivity contribution in [2.24, 2.45) is 0 Å². The molecule has 2 N–H and O–H groups in total. The molecule has 2 heterocycles. The van der Waals surface area contributed by atoms with Gasteiger partial charge in [-0.2, -0.15) is 13.2 Å². The molecule has 0 radical (unpaired) electrons. The van der Waals surface area contributed by atoms with E-state index in [1.165, 1.54) is 10.9 Å². The lowest BCUT2D eigenvalue weighted by Crippen LogP contribution is -2.10. The molecule has 1 aromatic carbocycles. The molecule has 0 aliphatic heterocycles. The van der Waals surface area contributed by atoms with Gasteiger partial charge in [0.2, 0.25) is 5.95 Å². The molecule has 0 atom stereocenters. The number of halogens is 3. The zero-order valence-electron chi connectivity index (χ0n) is 13.9. The number of hydrogen-bond acceptors (Lipinski definition) is 6. The van der Waals surface area contributed by atoms with E-state index < -0.39 is 17.8 Å². The predicted molar refractivity (Wildman–Crippen MR) is 88.1 cm³/mol. The zero-order chi connectivity index (χ0) is 19.6. The summed E-state index contributed by atoms with van der Waals surface area (Å²) >= 11 is 0. The van der Waals surface area contributed by atoms with Crippen molar-refractivity contribution in [3.8, 4) is 11.3 Å². The Morgan fingerprint density at radius 3 is 2.78 bits per heavy atom. The standard InChI is InChI=1S/C16H13F3N6O2/c1-9-4-10(12-7-25(24-23-12)8-14(26)27)6-11(5-9)21-15-20-3-2-13(22-15)16(17,18)19/h2-7H,8H2,1H3,(H,26,27)(H,20,21,22). The number of hydrogen-bond donors (Lipinski definition) is 2. The fourth-order valence-corrected chi connectivity index (χ4v) is 2.36. The normalized spacial score (nSPS) is 11.4. The van der Waals surface area contributed by atoms with Gasteiger partial charge in [0, 0.05) is 17.4 Å². The number of rotatable bonds is 5. The molecule has 140 valence electrons. The molecule has 27 heavy (non-hydrogen) atoms. The van der Waals surface area contributed by atoms with Crippen molar-refractivity contribution in [2.75, 3.05) is 5.32 Å². The Labute approximate surface area is 150 Å². The fraction of sp³-hybridized carbons (Fsp3) is 0.188. The van der Waals surface area contributed by atoms with Crippen LogP contribution in [0.1, 0.15) is 11.3 Å². The molecule has 2 aromatic heterocycles. The maximum atomic E-state index is 12.8. The Kier molecular flexibility index (Phi) is 4.75. The van der Waals surface area contributed by atoms with E-state index in [0.717, 1.165) is 17.8 Å². The molecule has 0 unspecified atom stereocenters. The lowest BCUT2D eigenvalue weighted by molar-refractivity contribution is -0.141. The highest BCUT2D eigenvalue weighted by Gasteiger charge is 2.32. The summed E-state index contributed by atoms with van der Waals surface area (Å²) in [6.45, 7) is 1.46. The molecule has 0 saturated carbocycles. The van der Waals surface area contributed by atoms with Crippen molar-refractivity contribution >= 4 is 17.6 Å². The number of nitrogens with one attached hydrogen (secondary N) is 1. The van der Waals surface area contributed by atoms with Crippen LogP contribution in [0.3, 0.4) is 0 Å². The summed E-state index contributed by atoms with van der Waals surface area (Å²) in [6.07, 6.45) is -2.08. The highest BCUT2D eigenvalue weighted by Crippen LogP contribution is 2.29. The maximum absolute atomic E-state index is 12.8. The lowest BCUT2D eigenvalue weighted by Gasteiger charge is -2.10. The highest BCUT2D eigenvalue weighted by atomic mass is 19.4. The van der Waals surface area contributed by atoms with E-state index in [0.29, 0.717) is 16.9 Å².